The smallest absolute Gasteiger partial charge is 0.343 e. The molecule has 0 saturated carbocycles. The third-order valence-electron chi connectivity index (χ3n) is 4.69. The Morgan fingerprint density at radius 3 is 2.48 bits per heavy atom. The second-order valence-electron chi connectivity index (χ2n) is 7.00. The van der Waals surface area contributed by atoms with Crippen LogP contribution in [0.2, 0.25) is 0 Å². The Morgan fingerprint density at radius 1 is 0.879 bits per heavy atom. The molecule has 33 heavy (non-hydrogen) atoms. The van der Waals surface area contributed by atoms with Crippen molar-refractivity contribution >= 4 is 44.8 Å². The van der Waals surface area contributed by atoms with Crippen LogP contribution in [-0.4, -0.2) is 24.7 Å². The summed E-state index contributed by atoms with van der Waals surface area (Å²) in [6, 6.07) is 27.3. The first-order valence-electron chi connectivity index (χ1n) is 10.1. The Kier molecular flexibility index (Phi) is 7.12. The van der Waals surface area contributed by atoms with Gasteiger partial charge in [0.05, 0.1) is 11.8 Å². The van der Waals surface area contributed by atoms with E-state index in [-0.39, 0.29) is 6.61 Å². The van der Waals surface area contributed by atoms with Crippen molar-refractivity contribution in [1.29, 1.82) is 0 Å². The van der Waals surface area contributed by atoms with Crippen LogP contribution in [0.25, 0.3) is 10.8 Å². The number of nitrogens with one attached hydrogen (secondary N) is 1. The normalized spacial score (nSPS) is 10.8. The Bertz CT molecular complexity index is 1320. The molecule has 0 radical (unpaired) electrons. The number of carbonyl (C=O) groups excluding carboxylic acids is 2. The fraction of sp³-hybridized carbons (Fsp3) is 0.0385. The zero-order valence-electron chi connectivity index (χ0n) is 17.4. The molecule has 0 heterocycles. The lowest BCUT2D eigenvalue weighted by Crippen LogP contribution is -2.24. The molecule has 4 rings (SSSR count). The summed E-state index contributed by atoms with van der Waals surface area (Å²) < 4.78 is 11.9. The quantitative estimate of drug-likeness (QED) is 0.160. The molecule has 0 fully saturated rings. The van der Waals surface area contributed by atoms with Crippen molar-refractivity contribution in [3.63, 3.8) is 0 Å². The number of ether oxygens (including phenoxy) is 2. The number of hydrogen-bond acceptors (Lipinski definition) is 5. The number of fused-ring (bicyclic) bond motifs is 1. The summed E-state index contributed by atoms with van der Waals surface area (Å²) in [6.07, 6.45) is 1.41. The van der Waals surface area contributed by atoms with Crippen LogP contribution < -0.4 is 14.9 Å². The average molecular weight is 503 g/mol. The van der Waals surface area contributed by atoms with Gasteiger partial charge in [-0.3, -0.25) is 4.79 Å². The maximum absolute atomic E-state index is 12.4. The highest BCUT2D eigenvalue weighted by molar-refractivity contribution is 9.10. The number of amides is 1. The van der Waals surface area contributed by atoms with E-state index in [1.54, 1.807) is 42.5 Å². The first-order valence-corrected chi connectivity index (χ1v) is 10.9. The Morgan fingerprint density at radius 2 is 1.64 bits per heavy atom. The lowest BCUT2D eigenvalue weighted by atomic mass is 10.1. The van der Waals surface area contributed by atoms with E-state index in [0.717, 1.165) is 15.2 Å². The standard InChI is InChI=1S/C26H19BrN2O4/c27-21-13-14-23(33-26(31)19-8-2-1-3-9-19)20(15-21)16-28-29-25(30)17-32-24-12-6-10-18-7-4-5-11-22(18)24/h1-16H,17H2,(H,29,30)/b28-16-. The van der Waals surface area contributed by atoms with Crippen molar-refractivity contribution in [3.05, 3.63) is 107 Å². The van der Waals surface area contributed by atoms with Crippen LogP contribution in [-0.2, 0) is 4.79 Å². The number of carbonyl (C=O) groups is 2. The van der Waals surface area contributed by atoms with Gasteiger partial charge in [-0.2, -0.15) is 5.10 Å². The predicted molar refractivity (Wildman–Crippen MR) is 131 cm³/mol. The molecule has 0 bridgehead atoms. The molecular weight excluding hydrogens is 484 g/mol. The molecule has 1 amide bonds. The average Bonchev–Trinajstić information content (AvgIpc) is 2.84. The lowest BCUT2D eigenvalue weighted by Gasteiger charge is -2.09. The van der Waals surface area contributed by atoms with Gasteiger partial charge in [-0.05, 0) is 41.8 Å². The third-order valence-corrected chi connectivity index (χ3v) is 5.18. The highest BCUT2D eigenvalue weighted by atomic mass is 79.9. The van der Waals surface area contributed by atoms with Gasteiger partial charge >= 0.3 is 5.97 Å². The lowest BCUT2D eigenvalue weighted by molar-refractivity contribution is -0.123. The number of hydrazone groups is 1. The molecule has 6 nitrogen and oxygen atoms in total. The second kappa shape index (κ2) is 10.6. The third kappa shape index (κ3) is 5.84. The van der Waals surface area contributed by atoms with Crippen molar-refractivity contribution in [2.24, 2.45) is 5.10 Å². The number of hydrogen-bond donors (Lipinski definition) is 1. The SMILES string of the molecule is O=C(COc1cccc2ccccc12)N/N=C\c1cc(Br)ccc1OC(=O)c1ccccc1. The Labute approximate surface area is 199 Å². The molecule has 4 aromatic rings. The molecule has 4 aromatic carbocycles. The summed E-state index contributed by atoms with van der Waals surface area (Å²) in [6.45, 7) is -0.195. The van der Waals surface area contributed by atoms with Crippen LogP contribution in [0.1, 0.15) is 15.9 Å². The molecule has 0 atom stereocenters. The largest absolute Gasteiger partial charge is 0.483 e. The monoisotopic (exact) mass is 502 g/mol. The summed E-state index contributed by atoms with van der Waals surface area (Å²) in [5, 5.41) is 5.94. The first kappa shape index (κ1) is 22.2. The summed E-state index contributed by atoms with van der Waals surface area (Å²) in [4.78, 5) is 24.6. The number of benzene rings is 4. The summed E-state index contributed by atoms with van der Waals surface area (Å²) in [5.41, 5.74) is 3.38. The number of halogens is 1. The van der Waals surface area contributed by atoms with E-state index in [1.807, 2.05) is 48.5 Å². The molecule has 1 N–H and O–H groups in total. The molecule has 0 spiro atoms. The molecule has 0 aromatic heterocycles. The molecule has 7 heteroatoms. The molecule has 0 saturated heterocycles. The maximum Gasteiger partial charge on any atom is 0.343 e. The van der Waals surface area contributed by atoms with Crippen LogP contribution in [0.3, 0.4) is 0 Å². The van der Waals surface area contributed by atoms with Crippen LogP contribution in [0, 0.1) is 0 Å². The molecule has 0 aliphatic heterocycles. The minimum atomic E-state index is -0.486. The van der Waals surface area contributed by atoms with E-state index < -0.39 is 11.9 Å². The first-order chi connectivity index (χ1) is 16.1. The van der Waals surface area contributed by atoms with Gasteiger partial charge in [0.2, 0.25) is 0 Å². The van der Waals surface area contributed by atoms with Gasteiger partial charge in [-0.25, -0.2) is 10.2 Å². The van der Waals surface area contributed by atoms with Gasteiger partial charge in [0.15, 0.2) is 6.61 Å². The Balaban J connectivity index is 1.39. The van der Waals surface area contributed by atoms with Gasteiger partial charge < -0.3 is 9.47 Å². The zero-order chi connectivity index (χ0) is 23.0. The van der Waals surface area contributed by atoms with Crippen molar-refractivity contribution in [1.82, 2.24) is 5.43 Å². The zero-order valence-corrected chi connectivity index (χ0v) is 19.0. The minimum Gasteiger partial charge on any atom is -0.483 e. The number of rotatable bonds is 7. The van der Waals surface area contributed by atoms with Crippen molar-refractivity contribution < 1.29 is 19.1 Å². The highest BCUT2D eigenvalue weighted by Crippen LogP contribution is 2.25. The van der Waals surface area contributed by atoms with Crippen molar-refractivity contribution in [3.8, 4) is 11.5 Å². The van der Waals surface area contributed by atoms with E-state index in [0.29, 0.717) is 22.6 Å². The maximum atomic E-state index is 12.4. The van der Waals surface area contributed by atoms with Gasteiger partial charge in [0, 0.05) is 15.4 Å². The van der Waals surface area contributed by atoms with Gasteiger partial charge in [-0.1, -0.05) is 70.5 Å². The van der Waals surface area contributed by atoms with E-state index in [9.17, 15) is 9.59 Å². The fourth-order valence-electron chi connectivity index (χ4n) is 3.12. The van der Waals surface area contributed by atoms with Gasteiger partial charge in [-0.15, -0.1) is 0 Å². The van der Waals surface area contributed by atoms with Crippen molar-refractivity contribution in [2.45, 2.75) is 0 Å². The molecule has 0 aliphatic carbocycles. The number of esters is 1. The fourth-order valence-corrected chi connectivity index (χ4v) is 3.50. The van der Waals surface area contributed by atoms with E-state index >= 15 is 0 Å². The number of nitrogens with zero attached hydrogens (tertiary/aromatic N) is 1. The predicted octanol–water partition coefficient (Wildman–Crippen LogP) is 5.35. The van der Waals surface area contributed by atoms with Gasteiger partial charge in [0.1, 0.15) is 11.5 Å². The summed E-state index contributed by atoms with van der Waals surface area (Å²) in [7, 11) is 0. The molecule has 0 aliphatic rings. The molecule has 0 unspecified atom stereocenters. The minimum absolute atomic E-state index is 0.195. The van der Waals surface area contributed by atoms with Crippen LogP contribution in [0.5, 0.6) is 11.5 Å². The van der Waals surface area contributed by atoms with Crippen LogP contribution in [0.4, 0.5) is 0 Å². The Hall–Kier alpha value is -3.97. The van der Waals surface area contributed by atoms with E-state index in [4.69, 9.17) is 9.47 Å². The van der Waals surface area contributed by atoms with Crippen molar-refractivity contribution in [2.75, 3.05) is 6.61 Å². The molecule has 164 valence electrons. The van der Waals surface area contributed by atoms with Crippen LogP contribution >= 0.6 is 15.9 Å². The molecular formula is C26H19BrN2O4. The van der Waals surface area contributed by atoms with E-state index in [2.05, 4.69) is 26.5 Å². The van der Waals surface area contributed by atoms with Crippen LogP contribution in [0.15, 0.2) is 101 Å². The summed E-state index contributed by atoms with van der Waals surface area (Å²) in [5.74, 6) is 0.0310. The highest BCUT2D eigenvalue weighted by Gasteiger charge is 2.11. The second-order valence-corrected chi connectivity index (χ2v) is 7.91. The van der Waals surface area contributed by atoms with E-state index in [1.165, 1.54) is 6.21 Å². The summed E-state index contributed by atoms with van der Waals surface area (Å²) >= 11 is 3.39. The van der Waals surface area contributed by atoms with Gasteiger partial charge in [0.25, 0.3) is 5.91 Å². The topological polar surface area (TPSA) is 77.0 Å².